The molecule has 1 saturated carbocycles. The lowest BCUT2D eigenvalue weighted by Crippen LogP contribution is -2.58. The molecule has 2 aliphatic rings. The van der Waals surface area contributed by atoms with Crippen LogP contribution in [0.3, 0.4) is 0 Å². The van der Waals surface area contributed by atoms with Crippen molar-refractivity contribution in [2.45, 2.75) is 194 Å². The summed E-state index contributed by atoms with van der Waals surface area (Å²) in [4.78, 5) is 2.86. The zero-order valence-corrected chi connectivity index (χ0v) is 27.7. The summed E-state index contributed by atoms with van der Waals surface area (Å²) in [5, 5.41) is 4.11. The van der Waals surface area contributed by atoms with Crippen LogP contribution in [-0.2, 0) is 0 Å². The molecule has 0 aromatic heterocycles. The molecule has 0 bridgehead atoms. The first-order valence-corrected chi connectivity index (χ1v) is 18.6. The smallest absolute Gasteiger partial charge is 0.00671 e. The molecule has 1 heterocycles. The molecule has 0 amide bonds. The van der Waals surface area contributed by atoms with Gasteiger partial charge < -0.3 is 10.2 Å². The van der Waals surface area contributed by atoms with Crippen LogP contribution in [0.2, 0.25) is 0 Å². The van der Waals surface area contributed by atoms with E-state index in [2.05, 4.69) is 37.9 Å². The zero-order valence-electron chi connectivity index (χ0n) is 27.7. The lowest BCUT2D eigenvalue weighted by Gasteiger charge is -2.54. The van der Waals surface area contributed by atoms with Gasteiger partial charge in [0, 0.05) is 25.7 Å². The van der Waals surface area contributed by atoms with Crippen LogP contribution in [0.4, 0.5) is 0 Å². The van der Waals surface area contributed by atoms with E-state index in [0.717, 1.165) is 17.9 Å². The van der Waals surface area contributed by atoms with E-state index >= 15 is 0 Å². The van der Waals surface area contributed by atoms with E-state index in [0.29, 0.717) is 5.41 Å². The second kappa shape index (κ2) is 22.5. The zero-order chi connectivity index (χ0) is 28.0. The topological polar surface area (TPSA) is 15.3 Å². The van der Waals surface area contributed by atoms with Gasteiger partial charge in [0.15, 0.2) is 0 Å². The monoisotopic (exact) mass is 547 g/mol. The highest BCUT2D eigenvalue weighted by Crippen LogP contribution is 2.46. The molecule has 2 rings (SSSR count). The molecule has 1 N–H and O–H groups in total. The van der Waals surface area contributed by atoms with Crippen molar-refractivity contribution in [2.24, 2.45) is 17.3 Å². The van der Waals surface area contributed by atoms with Crippen molar-refractivity contribution in [2.75, 3.05) is 26.2 Å². The maximum Gasteiger partial charge on any atom is 0.00671 e. The Labute approximate surface area is 247 Å². The Morgan fingerprint density at radius 1 is 0.590 bits per heavy atom. The van der Waals surface area contributed by atoms with E-state index in [1.807, 2.05) is 0 Å². The normalized spacial score (nSPS) is 18.7. The minimum atomic E-state index is 0.699. The third-order valence-corrected chi connectivity index (χ3v) is 10.5. The number of likely N-dealkylation sites (tertiary alicyclic amines) is 1. The van der Waals surface area contributed by atoms with Crippen LogP contribution in [-0.4, -0.2) is 37.1 Å². The van der Waals surface area contributed by atoms with E-state index in [1.165, 1.54) is 187 Å². The van der Waals surface area contributed by atoms with Crippen LogP contribution in [0.25, 0.3) is 0 Å². The molecule has 0 radical (unpaired) electrons. The number of unbranched alkanes of at least 4 members (excludes halogenated alkanes) is 13. The summed E-state index contributed by atoms with van der Waals surface area (Å²) in [5.74, 6) is 1.90. The van der Waals surface area contributed by atoms with Crippen LogP contribution in [0.1, 0.15) is 188 Å². The van der Waals surface area contributed by atoms with Gasteiger partial charge >= 0.3 is 0 Å². The molecule has 1 atom stereocenters. The molecule has 2 fully saturated rings. The summed E-state index contributed by atoms with van der Waals surface area (Å²) >= 11 is 0. The fraction of sp³-hybridized carbons (Fsp3) is 1.00. The summed E-state index contributed by atoms with van der Waals surface area (Å²) in [6.07, 6.45) is 36.0. The van der Waals surface area contributed by atoms with Gasteiger partial charge in [-0.3, -0.25) is 0 Å². The van der Waals surface area contributed by atoms with Gasteiger partial charge in [0.2, 0.25) is 0 Å². The van der Waals surface area contributed by atoms with Gasteiger partial charge in [0.25, 0.3) is 0 Å². The summed E-state index contributed by atoms with van der Waals surface area (Å²) < 4.78 is 0. The molecule has 2 heteroatoms. The van der Waals surface area contributed by atoms with E-state index in [4.69, 9.17) is 0 Å². The van der Waals surface area contributed by atoms with Crippen LogP contribution < -0.4 is 5.32 Å². The third-order valence-electron chi connectivity index (χ3n) is 10.5. The standard InChI is InChI=1S/C37H74N2/c1-5-9-13-16-20-24-36(25-21-17-14-10-6-2)38-30-34-26-28-37(29-27-34)32-39(33-37)31-35(22-18-12-8-4)23-19-15-11-7-3/h34-36,38H,5-33H2,1-4H3. The SMILES string of the molecule is CCCCCCCC(CCCCCCC)NCC1CCC2(CC1)CN(CC(CCCCC)CCCCCC)C2. The first-order chi connectivity index (χ1) is 19.1. The molecule has 1 spiro atoms. The van der Waals surface area contributed by atoms with Crippen molar-refractivity contribution >= 4 is 0 Å². The predicted octanol–water partition coefficient (Wildman–Crippen LogP) is 11.3. The minimum absolute atomic E-state index is 0.699. The Morgan fingerprint density at radius 3 is 1.56 bits per heavy atom. The summed E-state index contributed by atoms with van der Waals surface area (Å²) in [5.41, 5.74) is 0.699. The van der Waals surface area contributed by atoms with Crippen molar-refractivity contribution in [1.29, 1.82) is 0 Å². The first-order valence-electron chi connectivity index (χ1n) is 18.6. The van der Waals surface area contributed by atoms with Crippen molar-refractivity contribution in [3.63, 3.8) is 0 Å². The Morgan fingerprint density at radius 2 is 1.03 bits per heavy atom. The lowest BCUT2D eigenvalue weighted by molar-refractivity contribution is -0.0469. The molecule has 39 heavy (non-hydrogen) atoms. The highest BCUT2D eigenvalue weighted by molar-refractivity contribution is 4.98. The average molecular weight is 547 g/mol. The largest absolute Gasteiger partial charge is 0.314 e. The molecule has 1 aliphatic carbocycles. The highest BCUT2D eigenvalue weighted by atomic mass is 15.2. The number of hydrogen-bond donors (Lipinski definition) is 1. The minimum Gasteiger partial charge on any atom is -0.314 e. The van der Waals surface area contributed by atoms with E-state index < -0.39 is 0 Å². The maximum absolute atomic E-state index is 4.11. The van der Waals surface area contributed by atoms with Crippen molar-refractivity contribution in [3.05, 3.63) is 0 Å². The first kappa shape index (κ1) is 35.1. The molecular formula is C37H74N2. The number of rotatable bonds is 26. The van der Waals surface area contributed by atoms with Crippen molar-refractivity contribution < 1.29 is 0 Å². The molecule has 0 aromatic rings. The van der Waals surface area contributed by atoms with Gasteiger partial charge in [-0.2, -0.15) is 0 Å². The Bertz CT molecular complexity index is 516. The van der Waals surface area contributed by atoms with Crippen molar-refractivity contribution in [1.82, 2.24) is 10.2 Å². The molecule has 2 nitrogen and oxygen atoms in total. The molecule has 1 unspecified atom stereocenters. The van der Waals surface area contributed by atoms with E-state index in [1.54, 1.807) is 0 Å². The third kappa shape index (κ3) is 15.6. The van der Waals surface area contributed by atoms with Crippen LogP contribution in [0.5, 0.6) is 0 Å². The van der Waals surface area contributed by atoms with Gasteiger partial charge in [-0.25, -0.2) is 0 Å². The van der Waals surface area contributed by atoms with Gasteiger partial charge in [0.05, 0.1) is 0 Å². The van der Waals surface area contributed by atoms with Gasteiger partial charge in [-0.15, -0.1) is 0 Å². The second-order valence-corrected chi connectivity index (χ2v) is 14.3. The van der Waals surface area contributed by atoms with Crippen LogP contribution in [0.15, 0.2) is 0 Å². The van der Waals surface area contributed by atoms with Gasteiger partial charge in [0.1, 0.15) is 0 Å². The lowest BCUT2D eigenvalue weighted by atomic mass is 9.65. The summed E-state index contributed by atoms with van der Waals surface area (Å²) in [6.45, 7) is 14.9. The fourth-order valence-corrected chi connectivity index (χ4v) is 7.75. The summed E-state index contributed by atoms with van der Waals surface area (Å²) in [7, 11) is 0. The Hall–Kier alpha value is -0.0800. The van der Waals surface area contributed by atoms with Gasteiger partial charge in [-0.05, 0) is 75.2 Å². The Kier molecular flexibility index (Phi) is 20.3. The molecule has 1 aliphatic heterocycles. The number of nitrogens with one attached hydrogen (secondary N) is 1. The predicted molar refractivity (Wildman–Crippen MR) is 176 cm³/mol. The number of hydrogen-bond acceptors (Lipinski definition) is 2. The second-order valence-electron chi connectivity index (χ2n) is 14.3. The van der Waals surface area contributed by atoms with E-state index in [9.17, 15) is 0 Å². The maximum atomic E-state index is 4.11. The fourth-order valence-electron chi connectivity index (χ4n) is 7.75. The van der Waals surface area contributed by atoms with Crippen LogP contribution in [0, 0.1) is 17.3 Å². The number of nitrogens with zero attached hydrogens (tertiary/aromatic N) is 1. The Balaban J connectivity index is 1.67. The van der Waals surface area contributed by atoms with Crippen molar-refractivity contribution in [3.8, 4) is 0 Å². The molecule has 232 valence electrons. The molecular weight excluding hydrogens is 472 g/mol. The molecule has 0 aromatic carbocycles. The van der Waals surface area contributed by atoms with Gasteiger partial charge in [-0.1, -0.05) is 137 Å². The summed E-state index contributed by atoms with van der Waals surface area (Å²) in [6, 6.07) is 0.783. The quantitative estimate of drug-likeness (QED) is 0.109. The molecule has 1 saturated heterocycles. The van der Waals surface area contributed by atoms with Crippen LogP contribution >= 0.6 is 0 Å². The average Bonchev–Trinajstić information content (AvgIpc) is 2.93. The highest BCUT2D eigenvalue weighted by Gasteiger charge is 2.45. The van der Waals surface area contributed by atoms with E-state index in [-0.39, 0.29) is 0 Å².